The molecule has 0 aromatic heterocycles. The SMILES string of the molecule is O=C(CCc1ccccc1)N1CCC(c2ccccc2)(N2CCCC2)CC1. The van der Waals surface area contributed by atoms with Crippen LogP contribution in [-0.2, 0) is 16.8 Å². The third-order valence-corrected chi connectivity index (χ3v) is 6.44. The van der Waals surface area contributed by atoms with Crippen molar-refractivity contribution in [3.8, 4) is 0 Å². The summed E-state index contributed by atoms with van der Waals surface area (Å²) in [5.41, 5.74) is 2.80. The molecule has 2 heterocycles. The molecule has 3 heteroatoms. The van der Waals surface area contributed by atoms with Crippen molar-refractivity contribution in [2.45, 2.75) is 44.1 Å². The van der Waals surface area contributed by atoms with Crippen molar-refractivity contribution in [3.05, 3.63) is 71.8 Å². The van der Waals surface area contributed by atoms with E-state index in [9.17, 15) is 4.79 Å². The van der Waals surface area contributed by atoms with Crippen molar-refractivity contribution in [3.63, 3.8) is 0 Å². The van der Waals surface area contributed by atoms with Crippen molar-refractivity contribution in [1.82, 2.24) is 9.80 Å². The number of hydrogen-bond acceptors (Lipinski definition) is 2. The van der Waals surface area contributed by atoms with E-state index < -0.39 is 0 Å². The number of amides is 1. The molecule has 27 heavy (non-hydrogen) atoms. The normalized spacial score (nSPS) is 19.9. The second-order valence-electron chi connectivity index (χ2n) is 7.96. The van der Waals surface area contributed by atoms with Crippen LogP contribution in [0.3, 0.4) is 0 Å². The second-order valence-corrected chi connectivity index (χ2v) is 7.96. The van der Waals surface area contributed by atoms with Gasteiger partial charge in [0.05, 0.1) is 0 Å². The van der Waals surface area contributed by atoms with E-state index in [0.717, 1.165) is 32.4 Å². The van der Waals surface area contributed by atoms with Crippen LogP contribution < -0.4 is 0 Å². The number of hydrogen-bond donors (Lipinski definition) is 0. The molecule has 0 atom stereocenters. The van der Waals surface area contributed by atoms with Crippen LogP contribution in [0, 0.1) is 0 Å². The van der Waals surface area contributed by atoms with Crippen molar-refractivity contribution < 1.29 is 4.79 Å². The van der Waals surface area contributed by atoms with Gasteiger partial charge in [-0.25, -0.2) is 0 Å². The Morgan fingerprint density at radius 3 is 2.04 bits per heavy atom. The fourth-order valence-corrected chi connectivity index (χ4v) is 4.86. The van der Waals surface area contributed by atoms with Crippen molar-refractivity contribution in [2.24, 2.45) is 0 Å². The molecule has 2 saturated heterocycles. The van der Waals surface area contributed by atoms with Gasteiger partial charge < -0.3 is 4.90 Å². The van der Waals surface area contributed by atoms with Gasteiger partial charge in [0, 0.05) is 25.0 Å². The largest absolute Gasteiger partial charge is 0.343 e. The third-order valence-electron chi connectivity index (χ3n) is 6.44. The van der Waals surface area contributed by atoms with Crippen LogP contribution in [0.2, 0.25) is 0 Å². The van der Waals surface area contributed by atoms with Gasteiger partial charge in [-0.15, -0.1) is 0 Å². The molecular formula is C24H30N2O. The van der Waals surface area contributed by atoms with E-state index in [1.54, 1.807) is 0 Å². The van der Waals surface area contributed by atoms with Gasteiger partial charge in [-0.05, 0) is 56.3 Å². The van der Waals surface area contributed by atoms with Gasteiger partial charge in [-0.2, -0.15) is 0 Å². The van der Waals surface area contributed by atoms with E-state index in [1.165, 1.54) is 37.1 Å². The summed E-state index contributed by atoms with van der Waals surface area (Å²) in [7, 11) is 0. The molecule has 0 unspecified atom stereocenters. The Balaban J connectivity index is 1.41. The topological polar surface area (TPSA) is 23.6 Å². The van der Waals surface area contributed by atoms with E-state index in [1.807, 2.05) is 18.2 Å². The number of aryl methyl sites for hydroxylation is 1. The molecule has 4 rings (SSSR count). The Hall–Kier alpha value is -2.13. The molecule has 0 bridgehead atoms. The van der Waals surface area contributed by atoms with Crippen molar-refractivity contribution in [2.75, 3.05) is 26.2 Å². The molecule has 142 valence electrons. The summed E-state index contributed by atoms with van der Waals surface area (Å²) in [6.07, 6.45) is 6.16. The molecule has 1 amide bonds. The molecule has 2 aliphatic heterocycles. The smallest absolute Gasteiger partial charge is 0.222 e. The van der Waals surface area contributed by atoms with Crippen LogP contribution in [0.4, 0.5) is 0 Å². The van der Waals surface area contributed by atoms with Gasteiger partial charge in [0.1, 0.15) is 0 Å². The first-order valence-electron chi connectivity index (χ1n) is 10.4. The fourth-order valence-electron chi connectivity index (χ4n) is 4.86. The summed E-state index contributed by atoms with van der Waals surface area (Å²) in [6, 6.07) is 21.3. The summed E-state index contributed by atoms with van der Waals surface area (Å²) in [5, 5.41) is 0. The van der Waals surface area contributed by atoms with Crippen molar-refractivity contribution in [1.29, 1.82) is 0 Å². The number of rotatable bonds is 5. The van der Waals surface area contributed by atoms with E-state index >= 15 is 0 Å². The average molecular weight is 363 g/mol. The standard InChI is InChI=1S/C24H30N2O/c27-23(14-13-21-9-3-1-4-10-21)25-19-15-24(16-20-25,26-17-7-8-18-26)22-11-5-2-6-12-22/h1-6,9-12H,7-8,13-20H2. The van der Waals surface area contributed by atoms with E-state index in [-0.39, 0.29) is 5.54 Å². The maximum atomic E-state index is 12.8. The lowest BCUT2D eigenvalue weighted by Crippen LogP contribution is -2.53. The lowest BCUT2D eigenvalue weighted by Gasteiger charge is -2.48. The first kappa shape index (κ1) is 18.2. The fraction of sp³-hybridized carbons (Fsp3) is 0.458. The lowest BCUT2D eigenvalue weighted by atomic mass is 9.79. The molecule has 2 fully saturated rings. The number of carbonyl (C=O) groups excluding carboxylic acids is 1. The number of likely N-dealkylation sites (tertiary alicyclic amines) is 2. The maximum absolute atomic E-state index is 12.8. The Labute approximate surface area is 163 Å². The summed E-state index contributed by atoms with van der Waals surface area (Å²) < 4.78 is 0. The first-order valence-corrected chi connectivity index (χ1v) is 10.4. The summed E-state index contributed by atoms with van der Waals surface area (Å²) in [5.74, 6) is 0.307. The van der Waals surface area contributed by atoms with Crippen LogP contribution in [0.5, 0.6) is 0 Å². The van der Waals surface area contributed by atoms with E-state index in [2.05, 4.69) is 52.3 Å². The zero-order valence-corrected chi connectivity index (χ0v) is 16.1. The molecule has 0 N–H and O–H groups in total. The Bertz CT molecular complexity index is 729. The monoisotopic (exact) mass is 362 g/mol. The van der Waals surface area contributed by atoms with Crippen LogP contribution in [0.25, 0.3) is 0 Å². The predicted molar refractivity (Wildman–Crippen MR) is 110 cm³/mol. The Morgan fingerprint density at radius 1 is 0.815 bits per heavy atom. The summed E-state index contributed by atoms with van der Waals surface area (Å²) in [4.78, 5) is 17.5. The van der Waals surface area contributed by atoms with Gasteiger partial charge in [0.15, 0.2) is 0 Å². The molecule has 0 radical (unpaired) electrons. The van der Waals surface area contributed by atoms with Gasteiger partial charge >= 0.3 is 0 Å². The number of carbonyl (C=O) groups is 1. The van der Waals surface area contributed by atoms with Crippen LogP contribution in [0.15, 0.2) is 60.7 Å². The summed E-state index contributed by atoms with van der Waals surface area (Å²) in [6.45, 7) is 4.13. The molecule has 0 spiro atoms. The molecule has 0 saturated carbocycles. The Morgan fingerprint density at radius 2 is 1.41 bits per heavy atom. The Kier molecular flexibility index (Phi) is 5.58. The minimum atomic E-state index is 0.119. The number of benzene rings is 2. The third kappa shape index (κ3) is 3.93. The zero-order chi connectivity index (χ0) is 18.5. The highest BCUT2D eigenvalue weighted by molar-refractivity contribution is 5.76. The summed E-state index contributed by atoms with van der Waals surface area (Å²) >= 11 is 0. The van der Waals surface area contributed by atoms with E-state index in [4.69, 9.17) is 0 Å². The van der Waals surface area contributed by atoms with Crippen LogP contribution >= 0.6 is 0 Å². The number of nitrogens with zero attached hydrogens (tertiary/aromatic N) is 2. The molecule has 3 nitrogen and oxygen atoms in total. The number of piperidine rings is 1. The minimum absolute atomic E-state index is 0.119. The molecule has 2 aliphatic rings. The lowest BCUT2D eigenvalue weighted by molar-refractivity contribution is -0.134. The second kappa shape index (κ2) is 8.26. The quantitative estimate of drug-likeness (QED) is 0.794. The predicted octanol–water partition coefficient (Wildman–Crippen LogP) is 4.23. The molecular weight excluding hydrogens is 332 g/mol. The van der Waals surface area contributed by atoms with Gasteiger partial charge in [0.25, 0.3) is 0 Å². The van der Waals surface area contributed by atoms with E-state index in [0.29, 0.717) is 12.3 Å². The van der Waals surface area contributed by atoms with Gasteiger partial charge in [-0.1, -0.05) is 60.7 Å². The average Bonchev–Trinajstić information content (AvgIpc) is 3.29. The first-order chi connectivity index (χ1) is 13.3. The molecule has 0 aliphatic carbocycles. The molecule has 2 aromatic carbocycles. The highest BCUT2D eigenvalue weighted by Crippen LogP contribution is 2.40. The highest BCUT2D eigenvalue weighted by Gasteiger charge is 2.42. The van der Waals surface area contributed by atoms with Gasteiger partial charge in [0.2, 0.25) is 5.91 Å². The highest BCUT2D eigenvalue weighted by atomic mass is 16.2. The van der Waals surface area contributed by atoms with Crippen molar-refractivity contribution >= 4 is 5.91 Å². The van der Waals surface area contributed by atoms with Gasteiger partial charge in [-0.3, -0.25) is 9.69 Å². The van der Waals surface area contributed by atoms with Crippen LogP contribution in [0.1, 0.15) is 43.2 Å². The zero-order valence-electron chi connectivity index (χ0n) is 16.1. The van der Waals surface area contributed by atoms with Crippen LogP contribution in [-0.4, -0.2) is 41.9 Å². The molecule has 2 aromatic rings. The minimum Gasteiger partial charge on any atom is -0.343 e. The maximum Gasteiger partial charge on any atom is 0.222 e.